The number of carboxylic acid groups (broad SMARTS) is 1. The van der Waals surface area contributed by atoms with Gasteiger partial charge in [0, 0.05) is 6.54 Å². The quantitative estimate of drug-likeness (QED) is 0.822. The van der Waals surface area contributed by atoms with E-state index in [1.807, 2.05) is 0 Å². The van der Waals surface area contributed by atoms with Gasteiger partial charge in [0.2, 0.25) is 0 Å². The van der Waals surface area contributed by atoms with Gasteiger partial charge in [0.15, 0.2) is 0 Å². The molecular formula is C20H31NO2. The summed E-state index contributed by atoms with van der Waals surface area (Å²) in [4.78, 5) is 12.1. The smallest absolute Gasteiger partial charge is 0.311 e. The standard InChI is InChI=1S/C20H31NO2/c1-13(2)14-5-7-16-15(11-14)6-8-17-19(16,3)9-4-10-20(17,12-21)18(22)23/h6,11,13,16-17H,4-5,7-10,12,21H2,1-3H3,(H,22,23)/t16-,17?,19+,20-/m0/s1. The average molecular weight is 317 g/mol. The lowest BCUT2D eigenvalue weighted by Crippen LogP contribution is -2.57. The fraction of sp³-hybridized carbons (Fsp3) is 0.750. The van der Waals surface area contributed by atoms with Crippen molar-refractivity contribution in [2.24, 2.45) is 34.3 Å². The van der Waals surface area contributed by atoms with E-state index < -0.39 is 11.4 Å². The first kappa shape index (κ1) is 16.8. The molecule has 0 saturated heterocycles. The Morgan fingerprint density at radius 3 is 2.78 bits per heavy atom. The summed E-state index contributed by atoms with van der Waals surface area (Å²) in [5.41, 5.74) is 8.40. The van der Waals surface area contributed by atoms with E-state index in [-0.39, 0.29) is 17.9 Å². The van der Waals surface area contributed by atoms with Crippen LogP contribution in [0.3, 0.4) is 0 Å². The minimum Gasteiger partial charge on any atom is -0.481 e. The normalized spacial score (nSPS) is 40.0. The van der Waals surface area contributed by atoms with Crippen molar-refractivity contribution in [1.82, 2.24) is 0 Å². The molecule has 3 rings (SSSR count). The van der Waals surface area contributed by atoms with Crippen molar-refractivity contribution in [3.05, 3.63) is 23.3 Å². The Bertz CT molecular complexity index is 562. The number of aliphatic carboxylic acids is 1. The van der Waals surface area contributed by atoms with Gasteiger partial charge < -0.3 is 10.8 Å². The molecule has 0 amide bonds. The van der Waals surface area contributed by atoms with Gasteiger partial charge in [-0.25, -0.2) is 0 Å². The Kier molecular flexibility index (Phi) is 4.20. The molecule has 128 valence electrons. The molecule has 3 aliphatic rings. The van der Waals surface area contributed by atoms with Gasteiger partial charge in [-0.1, -0.05) is 44.9 Å². The molecule has 4 atom stereocenters. The van der Waals surface area contributed by atoms with Gasteiger partial charge in [0.1, 0.15) is 0 Å². The van der Waals surface area contributed by atoms with Gasteiger partial charge >= 0.3 is 5.97 Å². The summed E-state index contributed by atoms with van der Waals surface area (Å²) in [6, 6.07) is 0. The molecule has 0 aromatic carbocycles. The largest absolute Gasteiger partial charge is 0.481 e. The van der Waals surface area contributed by atoms with Crippen molar-refractivity contribution in [2.45, 2.75) is 59.3 Å². The predicted molar refractivity (Wildman–Crippen MR) is 92.9 cm³/mol. The minimum atomic E-state index is -0.725. The SMILES string of the molecule is CC(C)C1=CC2=CCC3[C@](CN)(C(=O)O)CCC[C@]3(C)[C@H]2CC1. The van der Waals surface area contributed by atoms with E-state index in [1.54, 1.807) is 5.57 Å². The molecule has 3 aliphatic carbocycles. The number of nitrogens with two attached hydrogens (primary N) is 1. The maximum Gasteiger partial charge on any atom is 0.311 e. The fourth-order valence-electron chi connectivity index (χ4n) is 5.75. The van der Waals surface area contributed by atoms with Crippen molar-refractivity contribution in [3.8, 4) is 0 Å². The summed E-state index contributed by atoms with van der Waals surface area (Å²) in [6.07, 6.45) is 10.8. The lowest BCUT2D eigenvalue weighted by atomic mass is 9.46. The van der Waals surface area contributed by atoms with E-state index in [2.05, 4.69) is 32.9 Å². The third-order valence-corrected chi connectivity index (χ3v) is 7.19. The Hall–Kier alpha value is -1.09. The van der Waals surface area contributed by atoms with Crippen molar-refractivity contribution in [1.29, 1.82) is 0 Å². The van der Waals surface area contributed by atoms with E-state index in [9.17, 15) is 9.90 Å². The molecule has 23 heavy (non-hydrogen) atoms. The topological polar surface area (TPSA) is 63.3 Å². The molecule has 1 fully saturated rings. The minimum absolute atomic E-state index is 0.0824. The van der Waals surface area contributed by atoms with Crippen LogP contribution in [0, 0.1) is 28.6 Å². The van der Waals surface area contributed by atoms with Crippen LogP contribution in [0.2, 0.25) is 0 Å². The molecule has 0 aliphatic heterocycles. The van der Waals surface area contributed by atoms with Gasteiger partial charge in [0.25, 0.3) is 0 Å². The van der Waals surface area contributed by atoms with Crippen molar-refractivity contribution in [3.63, 3.8) is 0 Å². The van der Waals surface area contributed by atoms with Crippen LogP contribution >= 0.6 is 0 Å². The van der Waals surface area contributed by atoms with Crippen LogP contribution in [-0.2, 0) is 4.79 Å². The summed E-state index contributed by atoms with van der Waals surface area (Å²) in [5.74, 6) is 0.612. The van der Waals surface area contributed by atoms with E-state index in [4.69, 9.17) is 5.73 Å². The van der Waals surface area contributed by atoms with Crippen LogP contribution < -0.4 is 5.73 Å². The summed E-state index contributed by atoms with van der Waals surface area (Å²) in [6.45, 7) is 7.15. The Labute approximate surface area is 140 Å². The number of hydrogen-bond acceptors (Lipinski definition) is 2. The van der Waals surface area contributed by atoms with Crippen LogP contribution in [0.15, 0.2) is 23.3 Å². The Balaban J connectivity index is 2.02. The number of carboxylic acids is 1. The monoisotopic (exact) mass is 317 g/mol. The van der Waals surface area contributed by atoms with E-state index in [0.717, 1.165) is 32.1 Å². The highest BCUT2D eigenvalue weighted by atomic mass is 16.4. The van der Waals surface area contributed by atoms with Crippen molar-refractivity contribution >= 4 is 5.97 Å². The Morgan fingerprint density at radius 2 is 2.17 bits per heavy atom. The highest BCUT2D eigenvalue weighted by Gasteiger charge is 2.58. The first-order chi connectivity index (χ1) is 10.8. The van der Waals surface area contributed by atoms with E-state index >= 15 is 0 Å². The zero-order valence-electron chi connectivity index (χ0n) is 14.8. The highest BCUT2D eigenvalue weighted by molar-refractivity contribution is 5.76. The van der Waals surface area contributed by atoms with Gasteiger partial charge in [-0.3, -0.25) is 4.79 Å². The van der Waals surface area contributed by atoms with Crippen LogP contribution in [0.5, 0.6) is 0 Å². The summed E-state index contributed by atoms with van der Waals surface area (Å²) in [7, 11) is 0. The number of hydrogen-bond donors (Lipinski definition) is 2. The molecule has 0 heterocycles. The third-order valence-electron chi connectivity index (χ3n) is 7.19. The maximum atomic E-state index is 12.1. The fourth-order valence-corrected chi connectivity index (χ4v) is 5.75. The zero-order chi connectivity index (χ0) is 16.8. The third kappa shape index (κ3) is 2.39. The van der Waals surface area contributed by atoms with Crippen LogP contribution in [0.1, 0.15) is 59.3 Å². The molecule has 3 heteroatoms. The predicted octanol–water partition coefficient (Wildman–Crippen LogP) is 4.15. The van der Waals surface area contributed by atoms with Gasteiger partial charge in [-0.2, -0.15) is 0 Å². The maximum absolute atomic E-state index is 12.1. The highest BCUT2D eigenvalue weighted by Crippen LogP contribution is 2.61. The average Bonchev–Trinajstić information content (AvgIpc) is 2.52. The first-order valence-electron chi connectivity index (χ1n) is 9.19. The Morgan fingerprint density at radius 1 is 1.43 bits per heavy atom. The molecule has 0 spiro atoms. The molecule has 3 nitrogen and oxygen atoms in total. The lowest BCUT2D eigenvalue weighted by Gasteiger charge is -2.57. The van der Waals surface area contributed by atoms with Crippen LogP contribution in [-0.4, -0.2) is 17.6 Å². The molecule has 1 unspecified atom stereocenters. The van der Waals surface area contributed by atoms with E-state index in [0.29, 0.717) is 11.8 Å². The number of allylic oxidation sites excluding steroid dienone is 4. The number of fused-ring (bicyclic) bond motifs is 3. The molecule has 0 bridgehead atoms. The molecular weight excluding hydrogens is 286 g/mol. The number of rotatable bonds is 3. The summed E-state index contributed by atoms with van der Waals surface area (Å²) in [5, 5.41) is 9.94. The molecule has 0 aromatic rings. The summed E-state index contributed by atoms with van der Waals surface area (Å²) >= 11 is 0. The van der Waals surface area contributed by atoms with E-state index in [1.165, 1.54) is 12.0 Å². The molecule has 0 aromatic heterocycles. The van der Waals surface area contributed by atoms with Crippen molar-refractivity contribution in [2.75, 3.05) is 6.54 Å². The van der Waals surface area contributed by atoms with Crippen LogP contribution in [0.4, 0.5) is 0 Å². The van der Waals surface area contributed by atoms with Crippen molar-refractivity contribution < 1.29 is 9.90 Å². The molecule has 1 saturated carbocycles. The van der Waals surface area contributed by atoms with Gasteiger partial charge in [-0.15, -0.1) is 0 Å². The molecule has 0 radical (unpaired) electrons. The van der Waals surface area contributed by atoms with Gasteiger partial charge in [-0.05, 0) is 60.8 Å². The second-order valence-corrected chi connectivity index (χ2v) is 8.48. The zero-order valence-corrected chi connectivity index (χ0v) is 14.8. The lowest BCUT2D eigenvalue weighted by molar-refractivity contribution is -0.163. The first-order valence-corrected chi connectivity index (χ1v) is 9.19. The summed E-state index contributed by atoms with van der Waals surface area (Å²) < 4.78 is 0. The molecule has 3 N–H and O–H groups in total. The number of carbonyl (C=O) groups is 1. The second-order valence-electron chi connectivity index (χ2n) is 8.48. The van der Waals surface area contributed by atoms with Crippen LogP contribution in [0.25, 0.3) is 0 Å². The second kappa shape index (κ2) is 5.77. The van der Waals surface area contributed by atoms with Gasteiger partial charge in [0.05, 0.1) is 5.41 Å².